The Bertz CT molecular complexity index is 1660. The number of phenolic OH excluding ortho intramolecular Hbond substituents is 1. The van der Waals surface area contributed by atoms with E-state index in [-0.39, 0.29) is 22.9 Å². The first-order valence-electron chi connectivity index (χ1n) is 12.2. The molecule has 0 radical (unpaired) electrons. The Kier molecular flexibility index (Phi) is 6.20. The van der Waals surface area contributed by atoms with Crippen LogP contribution < -0.4 is 10.3 Å². The van der Waals surface area contributed by atoms with Gasteiger partial charge in [0.05, 0.1) is 16.9 Å². The van der Waals surface area contributed by atoms with Crippen molar-refractivity contribution in [3.05, 3.63) is 106 Å². The highest BCUT2D eigenvalue weighted by atomic mass is 16.4. The second-order valence-corrected chi connectivity index (χ2v) is 9.47. The molecule has 1 aliphatic rings. The molecule has 5 rings (SSSR count). The lowest BCUT2D eigenvalue weighted by Crippen LogP contribution is -2.26. The van der Waals surface area contributed by atoms with Crippen molar-refractivity contribution in [1.29, 1.82) is 0 Å². The number of carbonyl (C=O) groups is 2. The van der Waals surface area contributed by atoms with Crippen molar-refractivity contribution in [2.24, 2.45) is 5.10 Å². The summed E-state index contributed by atoms with van der Waals surface area (Å²) in [5.41, 5.74) is 11.0. The van der Waals surface area contributed by atoms with Gasteiger partial charge in [-0.25, -0.2) is 4.79 Å². The topological polar surface area (TPSA) is 102 Å². The summed E-state index contributed by atoms with van der Waals surface area (Å²) in [5.74, 6) is -1.42. The van der Waals surface area contributed by atoms with Gasteiger partial charge in [0.25, 0.3) is 5.91 Å². The molecule has 4 aromatic carbocycles. The third-order valence-corrected chi connectivity index (χ3v) is 7.09. The Morgan fingerprint density at radius 2 is 1.61 bits per heavy atom. The molecular weight excluding hydrogens is 478 g/mol. The Hall–Kier alpha value is -4.91. The van der Waals surface area contributed by atoms with Gasteiger partial charge < -0.3 is 10.2 Å². The lowest BCUT2D eigenvalue weighted by atomic mass is 10.00. The minimum Gasteiger partial charge on any atom is -0.505 e. The number of fused-ring (bicyclic) bond motifs is 1. The number of rotatable bonds is 5. The number of hydrogen-bond acceptors (Lipinski definition) is 5. The monoisotopic (exact) mass is 505 g/mol. The molecule has 0 unspecified atom stereocenters. The van der Waals surface area contributed by atoms with Crippen LogP contribution in [0.25, 0.3) is 11.1 Å². The summed E-state index contributed by atoms with van der Waals surface area (Å²) < 4.78 is 0. The zero-order valence-electron chi connectivity index (χ0n) is 21.5. The number of para-hydroxylation sites is 1. The fourth-order valence-electron chi connectivity index (χ4n) is 4.64. The average molecular weight is 506 g/mol. The number of aromatic carboxylic acids is 1. The molecule has 38 heavy (non-hydrogen) atoms. The number of benzene rings is 4. The smallest absolute Gasteiger partial charge is 0.335 e. The number of carbonyl (C=O) groups excluding carboxylic acids is 1. The van der Waals surface area contributed by atoms with Gasteiger partial charge in [-0.2, -0.15) is 5.10 Å². The van der Waals surface area contributed by atoms with Crippen LogP contribution in [-0.2, 0) is 4.79 Å². The molecule has 4 aromatic rings. The second kappa shape index (κ2) is 9.52. The summed E-state index contributed by atoms with van der Waals surface area (Å²) in [6, 6.07) is 21.2. The van der Waals surface area contributed by atoms with E-state index in [9.17, 15) is 19.8 Å². The number of nitrogens with zero attached hydrogens (tertiary/aromatic N) is 2. The summed E-state index contributed by atoms with van der Waals surface area (Å²) in [4.78, 5) is 26.8. The van der Waals surface area contributed by atoms with Crippen molar-refractivity contribution in [3.8, 4) is 16.9 Å². The average Bonchev–Trinajstić information content (AvgIpc) is 3.19. The number of nitrogens with one attached hydrogen (secondary N) is 1. The van der Waals surface area contributed by atoms with Crippen molar-refractivity contribution in [2.75, 3.05) is 10.3 Å². The maximum atomic E-state index is 13.8. The fraction of sp³-hybridized carbons (Fsp3) is 0.129. The Morgan fingerprint density at radius 1 is 0.868 bits per heavy atom. The van der Waals surface area contributed by atoms with Gasteiger partial charge in [0.2, 0.25) is 0 Å². The first kappa shape index (κ1) is 24.8. The molecule has 0 aliphatic carbocycles. The van der Waals surface area contributed by atoms with E-state index in [0.29, 0.717) is 16.8 Å². The Labute approximate surface area is 220 Å². The standard InChI is InChI=1S/C31H27N3O4/c1-17-11-13-23(15-19(17)3)34-26-14-12-18(2)20(4)27(26)28(30(34)36)33-32-25-10-6-9-24(29(25)35)21-7-5-8-22(16-21)31(37)38/h5-16,32,35H,1-4H3,(H,37,38)/b33-28-. The van der Waals surface area contributed by atoms with Gasteiger partial charge in [-0.3, -0.25) is 15.1 Å². The van der Waals surface area contributed by atoms with E-state index in [2.05, 4.69) is 10.5 Å². The Balaban J connectivity index is 1.56. The highest BCUT2D eigenvalue weighted by Crippen LogP contribution is 2.40. The van der Waals surface area contributed by atoms with Gasteiger partial charge in [-0.1, -0.05) is 36.4 Å². The molecule has 3 N–H and O–H groups in total. The van der Waals surface area contributed by atoms with E-state index in [1.807, 2.05) is 58.0 Å². The SMILES string of the molecule is Cc1ccc(N2C(=O)/C(=N\Nc3cccc(-c4cccc(C(=O)O)c4)c3O)c3c2ccc(C)c3C)cc1C. The number of aryl methyl sites for hydroxylation is 3. The van der Waals surface area contributed by atoms with Crippen LogP contribution in [0.5, 0.6) is 5.75 Å². The zero-order valence-corrected chi connectivity index (χ0v) is 21.5. The van der Waals surface area contributed by atoms with E-state index in [1.54, 1.807) is 35.2 Å². The first-order valence-corrected chi connectivity index (χ1v) is 12.2. The summed E-state index contributed by atoms with van der Waals surface area (Å²) in [7, 11) is 0. The maximum absolute atomic E-state index is 13.8. The molecule has 190 valence electrons. The van der Waals surface area contributed by atoms with Crippen molar-refractivity contribution in [1.82, 2.24) is 0 Å². The van der Waals surface area contributed by atoms with Gasteiger partial charge in [0, 0.05) is 16.8 Å². The molecule has 0 saturated heterocycles. The van der Waals surface area contributed by atoms with Gasteiger partial charge in [-0.05, 0) is 91.9 Å². The van der Waals surface area contributed by atoms with Crippen molar-refractivity contribution >= 4 is 34.7 Å². The van der Waals surface area contributed by atoms with Crippen LogP contribution in [0.1, 0.15) is 38.2 Å². The predicted molar refractivity (Wildman–Crippen MR) is 150 cm³/mol. The molecule has 0 atom stereocenters. The molecule has 0 bridgehead atoms. The first-order chi connectivity index (χ1) is 18.2. The number of hydrogen-bond donors (Lipinski definition) is 3. The lowest BCUT2D eigenvalue weighted by Gasteiger charge is -2.18. The van der Waals surface area contributed by atoms with E-state index >= 15 is 0 Å². The zero-order chi connectivity index (χ0) is 27.1. The minimum atomic E-state index is -1.05. The number of carboxylic acids is 1. The van der Waals surface area contributed by atoms with Crippen molar-refractivity contribution in [2.45, 2.75) is 27.7 Å². The minimum absolute atomic E-state index is 0.1000. The van der Waals surface area contributed by atoms with Crippen LogP contribution in [0.2, 0.25) is 0 Å². The molecular formula is C31H27N3O4. The van der Waals surface area contributed by atoms with Gasteiger partial charge in [-0.15, -0.1) is 0 Å². The Morgan fingerprint density at radius 3 is 2.34 bits per heavy atom. The quantitative estimate of drug-likeness (QED) is 0.213. The predicted octanol–water partition coefficient (Wildman–Crippen LogP) is 6.49. The fourth-order valence-corrected chi connectivity index (χ4v) is 4.64. The normalized spacial score (nSPS) is 13.6. The van der Waals surface area contributed by atoms with Crippen LogP contribution in [0, 0.1) is 27.7 Å². The molecule has 0 aromatic heterocycles. The highest BCUT2D eigenvalue weighted by Gasteiger charge is 2.37. The highest BCUT2D eigenvalue weighted by molar-refractivity contribution is 6.56. The largest absolute Gasteiger partial charge is 0.505 e. The van der Waals surface area contributed by atoms with Crippen LogP contribution in [0.3, 0.4) is 0 Å². The molecule has 0 saturated carbocycles. The molecule has 0 spiro atoms. The van der Waals surface area contributed by atoms with Gasteiger partial charge >= 0.3 is 5.97 Å². The molecule has 7 nitrogen and oxygen atoms in total. The number of amides is 1. The molecule has 1 aliphatic heterocycles. The number of hydrazone groups is 1. The number of carboxylic acid groups (broad SMARTS) is 1. The summed E-state index contributed by atoms with van der Waals surface area (Å²) in [5, 5.41) is 24.9. The maximum Gasteiger partial charge on any atom is 0.335 e. The molecule has 7 heteroatoms. The third-order valence-electron chi connectivity index (χ3n) is 7.09. The number of aromatic hydroxyl groups is 1. The van der Waals surface area contributed by atoms with Crippen LogP contribution in [0.4, 0.5) is 17.1 Å². The van der Waals surface area contributed by atoms with E-state index in [0.717, 1.165) is 39.2 Å². The van der Waals surface area contributed by atoms with Crippen molar-refractivity contribution < 1.29 is 19.8 Å². The lowest BCUT2D eigenvalue weighted by molar-refractivity contribution is -0.111. The molecule has 1 heterocycles. The van der Waals surface area contributed by atoms with Crippen LogP contribution in [0.15, 0.2) is 77.9 Å². The van der Waals surface area contributed by atoms with Crippen molar-refractivity contribution in [3.63, 3.8) is 0 Å². The summed E-state index contributed by atoms with van der Waals surface area (Å²) in [6.07, 6.45) is 0. The summed E-state index contributed by atoms with van der Waals surface area (Å²) >= 11 is 0. The third kappa shape index (κ3) is 4.18. The van der Waals surface area contributed by atoms with E-state index in [1.165, 1.54) is 12.1 Å². The van der Waals surface area contributed by atoms with E-state index in [4.69, 9.17) is 0 Å². The number of anilines is 3. The van der Waals surface area contributed by atoms with Crippen LogP contribution >= 0.6 is 0 Å². The van der Waals surface area contributed by atoms with Gasteiger partial charge in [0.1, 0.15) is 5.75 Å². The second-order valence-electron chi connectivity index (χ2n) is 9.47. The van der Waals surface area contributed by atoms with E-state index < -0.39 is 5.97 Å². The molecule has 0 fully saturated rings. The number of phenols is 1. The summed E-state index contributed by atoms with van der Waals surface area (Å²) in [6.45, 7) is 8.00. The van der Waals surface area contributed by atoms with Gasteiger partial charge in [0.15, 0.2) is 5.71 Å². The van der Waals surface area contributed by atoms with Crippen LogP contribution in [-0.4, -0.2) is 27.8 Å². The molecule has 1 amide bonds.